The van der Waals surface area contributed by atoms with Crippen molar-refractivity contribution in [2.75, 3.05) is 0 Å². The number of thiophene rings is 1. The molecule has 1 aromatic heterocycles. The smallest absolute Gasteiger partial charge is 0.271 e. The van der Waals surface area contributed by atoms with Gasteiger partial charge in [0, 0.05) is 4.70 Å². The van der Waals surface area contributed by atoms with E-state index in [0.717, 1.165) is 5.39 Å². The van der Waals surface area contributed by atoms with E-state index in [1.165, 1.54) is 17.4 Å². The van der Waals surface area contributed by atoms with Crippen LogP contribution in [0.15, 0.2) is 29.6 Å². The van der Waals surface area contributed by atoms with Crippen LogP contribution in [0.2, 0.25) is 0 Å². The molecule has 1 atom stereocenters. The monoisotopic (exact) mass is 246 g/mol. The predicted molar refractivity (Wildman–Crippen MR) is 57.9 cm³/mol. The van der Waals surface area contributed by atoms with E-state index in [4.69, 9.17) is 5.84 Å². The van der Waals surface area contributed by atoms with E-state index in [9.17, 15) is 13.2 Å². The lowest BCUT2D eigenvalue weighted by molar-refractivity contribution is -0.157. The number of nitrogens with two attached hydrogens (primary N) is 1. The summed E-state index contributed by atoms with van der Waals surface area (Å²) in [4.78, 5) is 0. The van der Waals surface area contributed by atoms with Gasteiger partial charge >= 0.3 is 6.18 Å². The Balaban J connectivity index is 2.57. The molecular formula is C10H9F3N2S. The van der Waals surface area contributed by atoms with Crippen LogP contribution in [-0.2, 0) is 0 Å². The number of hydrogen-bond acceptors (Lipinski definition) is 3. The SMILES string of the molecule is NNC(c1cccc2ccsc12)C(F)(F)F. The van der Waals surface area contributed by atoms with Gasteiger partial charge in [-0.3, -0.25) is 5.84 Å². The van der Waals surface area contributed by atoms with Crippen LogP contribution in [0.1, 0.15) is 11.6 Å². The maximum absolute atomic E-state index is 12.7. The van der Waals surface area contributed by atoms with Crippen molar-refractivity contribution in [3.8, 4) is 0 Å². The fraction of sp³-hybridized carbons (Fsp3) is 0.200. The highest BCUT2D eigenvalue weighted by atomic mass is 32.1. The summed E-state index contributed by atoms with van der Waals surface area (Å²) in [5, 5.41) is 2.56. The lowest BCUT2D eigenvalue weighted by Crippen LogP contribution is -2.38. The lowest BCUT2D eigenvalue weighted by Gasteiger charge is -2.20. The highest BCUT2D eigenvalue weighted by Crippen LogP contribution is 2.37. The van der Waals surface area contributed by atoms with Gasteiger partial charge < -0.3 is 0 Å². The Morgan fingerprint density at radius 3 is 2.62 bits per heavy atom. The molecule has 6 heteroatoms. The molecular weight excluding hydrogens is 237 g/mol. The lowest BCUT2D eigenvalue weighted by atomic mass is 10.1. The number of fused-ring (bicyclic) bond motifs is 1. The maximum Gasteiger partial charge on any atom is 0.409 e. The predicted octanol–water partition coefficient (Wildman–Crippen LogP) is 2.97. The Morgan fingerprint density at radius 1 is 1.25 bits per heavy atom. The number of hydrogen-bond donors (Lipinski definition) is 2. The number of benzene rings is 1. The molecule has 0 fully saturated rings. The average molecular weight is 246 g/mol. The van der Waals surface area contributed by atoms with Crippen LogP contribution in [0.4, 0.5) is 13.2 Å². The minimum atomic E-state index is -4.40. The second-order valence-corrected chi connectivity index (χ2v) is 4.24. The second-order valence-electron chi connectivity index (χ2n) is 3.33. The van der Waals surface area contributed by atoms with Gasteiger partial charge in [-0.05, 0) is 22.4 Å². The molecule has 0 bridgehead atoms. The van der Waals surface area contributed by atoms with Crippen molar-refractivity contribution < 1.29 is 13.2 Å². The minimum absolute atomic E-state index is 0.169. The zero-order valence-corrected chi connectivity index (χ0v) is 8.90. The molecule has 0 aliphatic carbocycles. The van der Waals surface area contributed by atoms with Gasteiger partial charge in [0.1, 0.15) is 6.04 Å². The molecule has 86 valence electrons. The van der Waals surface area contributed by atoms with Gasteiger partial charge in [0.15, 0.2) is 0 Å². The summed E-state index contributed by atoms with van der Waals surface area (Å²) in [7, 11) is 0. The van der Waals surface area contributed by atoms with Crippen LogP contribution in [0.3, 0.4) is 0 Å². The van der Waals surface area contributed by atoms with Crippen molar-refractivity contribution in [3.63, 3.8) is 0 Å². The molecule has 0 saturated heterocycles. The van der Waals surface area contributed by atoms with Gasteiger partial charge in [-0.1, -0.05) is 18.2 Å². The third kappa shape index (κ3) is 1.91. The number of rotatable bonds is 2. The van der Waals surface area contributed by atoms with Crippen molar-refractivity contribution in [2.24, 2.45) is 5.84 Å². The van der Waals surface area contributed by atoms with Crippen LogP contribution in [0, 0.1) is 0 Å². The Bertz CT molecular complexity index is 492. The molecule has 0 radical (unpaired) electrons. The molecule has 1 aromatic carbocycles. The zero-order valence-electron chi connectivity index (χ0n) is 8.08. The minimum Gasteiger partial charge on any atom is -0.271 e. The van der Waals surface area contributed by atoms with E-state index in [2.05, 4.69) is 0 Å². The van der Waals surface area contributed by atoms with Crippen molar-refractivity contribution in [3.05, 3.63) is 35.2 Å². The Kier molecular flexibility index (Phi) is 2.88. The van der Waals surface area contributed by atoms with E-state index >= 15 is 0 Å². The molecule has 2 rings (SSSR count). The summed E-state index contributed by atoms with van der Waals surface area (Å²) >= 11 is 1.28. The summed E-state index contributed by atoms with van der Waals surface area (Å²) < 4.78 is 38.7. The van der Waals surface area contributed by atoms with Crippen LogP contribution in [0.25, 0.3) is 10.1 Å². The van der Waals surface area contributed by atoms with Crippen LogP contribution < -0.4 is 11.3 Å². The first-order chi connectivity index (χ1) is 7.54. The molecule has 0 saturated carbocycles. The van der Waals surface area contributed by atoms with E-state index in [1.807, 2.05) is 5.43 Å². The van der Waals surface area contributed by atoms with Gasteiger partial charge in [-0.15, -0.1) is 11.3 Å². The standard InChI is InChI=1S/C10H9F3N2S/c11-10(12,13)9(15-14)7-3-1-2-6-4-5-16-8(6)7/h1-5,9,15H,14H2. The number of halogens is 3. The molecule has 2 nitrogen and oxygen atoms in total. The zero-order chi connectivity index (χ0) is 11.8. The number of alkyl halides is 3. The maximum atomic E-state index is 12.7. The third-order valence-corrected chi connectivity index (χ3v) is 3.29. The summed E-state index contributed by atoms with van der Waals surface area (Å²) in [6, 6.07) is 4.78. The Labute approximate surface area is 93.8 Å². The summed E-state index contributed by atoms with van der Waals surface area (Å²) in [5.41, 5.74) is 1.99. The molecule has 1 unspecified atom stereocenters. The number of nitrogens with one attached hydrogen (secondary N) is 1. The summed E-state index contributed by atoms with van der Waals surface area (Å²) in [5.74, 6) is 4.99. The van der Waals surface area contributed by atoms with Crippen LogP contribution >= 0.6 is 11.3 Å². The van der Waals surface area contributed by atoms with Crippen LogP contribution in [0.5, 0.6) is 0 Å². The van der Waals surface area contributed by atoms with Crippen molar-refractivity contribution in [1.29, 1.82) is 0 Å². The summed E-state index contributed by atoms with van der Waals surface area (Å²) in [6.45, 7) is 0. The Hall–Kier alpha value is -1.11. The fourth-order valence-electron chi connectivity index (χ4n) is 1.60. The first-order valence-corrected chi connectivity index (χ1v) is 5.41. The molecule has 0 aliphatic heterocycles. The van der Waals surface area contributed by atoms with E-state index in [0.29, 0.717) is 4.70 Å². The normalized spacial score (nSPS) is 14.2. The topological polar surface area (TPSA) is 38.0 Å². The highest BCUT2D eigenvalue weighted by molar-refractivity contribution is 7.17. The molecule has 3 N–H and O–H groups in total. The Morgan fingerprint density at radius 2 is 2.00 bits per heavy atom. The van der Waals surface area contributed by atoms with Gasteiger partial charge in [0.05, 0.1) is 0 Å². The van der Waals surface area contributed by atoms with E-state index < -0.39 is 12.2 Å². The second kappa shape index (κ2) is 4.04. The third-order valence-electron chi connectivity index (χ3n) is 2.31. The van der Waals surface area contributed by atoms with Crippen LogP contribution in [-0.4, -0.2) is 6.18 Å². The molecule has 1 heterocycles. The fourth-order valence-corrected chi connectivity index (χ4v) is 2.55. The van der Waals surface area contributed by atoms with Gasteiger partial charge in [0.2, 0.25) is 0 Å². The van der Waals surface area contributed by atoms with Gasteiger partial charge in [0.25, 0.3) is 0 Å². The quantitative estimate of drug-likeness (QED) is 0.631. The first-order valence-electron chi connectivity index (χ1n) is 4.53. The first kappa shape index (κ1) is 11.4. The molecule has 0 aliphatic rings. The van der Waals surface area contributed by atoms with Crippen molar-refractivity contribution >= 4 is 21.4 Å². The van der Waals surface area contributed by atoms with Crippen molar-refractivity contribution in [2.45, 2.75) is 12.2 Å². The van der Waals surface area contributed by atoms with Gasteiger partial charge in [-0.25, -0.2) is 5.43 Å². The largest absolute Gasteiger partial charge is 0.409 e. The van der Waals surface area contributed by atoms with E-state index in [-0.39, 0.29) is 5.56 Å². The summed E-state index contributed by atoms with van der Waals surface area (Å²) in [6.07, 6.45) is -4.40. The average Bonchev–Trinajstić information content (AvgIpc) is 2.65. The van der Waals surface area contributed by atoms with Crippen molar-refractivity contribution in [1.82, 2.24) is 5.43 Å². The van der Waals surface area contributed by atoms with E-state index in [1.54, 1.807) is 23.6 Å². The molecule has 2 aromatic rings. The van der Waals surface area contributed by atoms with Gasteiger partial charge in [-0.2, -0.15) is 13.2 Å². The molecule has 16 heavy (non-hydrogen) atoms. The molecule has 0 spiro atoms. The molecule has 0 amide bonds. The highest BCUT2D eigenvalue weighted by Gasteiger charge is 2.41. The number of hydrazine groups is 1.